The van der Waals surface area contributed by atoms with E-state index in [0.29, 0.717) is 6.61 Å². The molecule has 1 saturated heterocycles. The highest BCUT2D eigenvalue weighted by Gasteiger charge is 2.46. The van der Waals surface area contributed by atoms with Gasteiger partial charge in [-0.3, -0.25) is 14.4 Å². The second-order valence-corrected chi connectivity index (χ2v) is 14.3. The minimum Gasteiger partial charge on any atom is -0.460 e. The number of ether oxygens (including phenoxy) is 3. The maximum Gasteiger partial charge on any atom is 0.307 e. The Labute approximate surface area is 255 Å². The van der Waals surface area contributed by atoms with Crippen LogP contribution in [-0.2, 0) is 28.6 Å². The Bertz CT molecular complexity index is 868. The van der Waals surface area contributed by atoms with Crippen LogP contribution in [0.25, 0.3) is 0 Å². The van der Waals surface area contributed by atoms with Crippen LogP contribution >= 0.6 is 0 Å². The number of amides is 2. The molecule has 2 amide bonds. The van der Waals surface area contributed by atoms with Crippen molar-refractivity contribution in [2.45, 2.75) is 174 Å². The molecule has 8 nitrogen and oxygen atoms in total. The largest absolute Gasteiger partial charge is 0.460 e. The zero-order valence-electron chi connectivity index (χ0n) is 27.3. The molecule has 0 bridgehead atoms. The summed E-state index contributed by atoms with van der Waals surface area (Å²) in [5.41, 5.74) is -0.703. The standard InChI is InChI=1S/C34H60N2O6/c1-6-7-8-9-10-11-12-13-16-21-34(22-17-23-34)31(39)36-26-18-14-15-19-27(26)41-28(37)20-24-35-30(38)29-32(2,3)25-40-33(4,5)42-29/h26-27,29H,6-25H2,1-5H3,(H,35,38)(H,36,39). The second-order valence-electron chi connectivity index (χ2n) is 14.3. The summed E-state index contributed by atoms with van der Waals surface area (Å²) in [6.45, 7) is 10.3. The SMILES string of the molecule is CCCCCCCCCCCC1(C(=O)NC2CCCCC2OC(=O)CCNC(=O)C2OC(C)(C)OCC2(C)C)CCC1. The Balaban J connectivity index is 1.39. The van der Waals surface area contributed by atoms with Gasteiger partial charge in [0.2, 0.25) is 11.8 Å². The first-order valence-electron chi connectivity index (χ1n) is 17.1. The van der Waals surface area contributed by atoms with Crippen LogP contribution in [0, 0.1) is 10.8 Å². The van der Waals surface area contributed by atoms with Crippen LogP contribution < -0.4 is 10.6 Å². The van der Waals surface area contributed by atoms with E-state index in [1.54, 1.807) is 13.8 Å². The van der Waals surface area contributed by atoms with Crippen molar-refractivity contribution < 1.29 is 28.6 Å². The molecule has 0 aromatic carbocycles. The summed E-state index contributed by atoms with van der Waals surface area (Å²) in [4.78, 5) is 39.1. The molecule has 3 rings (SSSR count). The number of nitrogens with one attached hydrogen (secondary N) is 2. The molecule has 1 heterocycles. The fraction of sp³-hybridized carbons (Fsp3) is 0.912. The number of carbonyl (C=O) groups excluding carboxylic acids is 3. The van der Waals surface area contributed by atoms with Crippen molar-refractivity contribution in [1.29, 1.82) is 0 Å². The molecule has 0 spiro atoms. The lowest BCUT2D eigenvalue weighted by Gasteiger charge is -2.44. The topological polar surface area (TPSA) is 103 Å². The maximum absolute atomic E-state index is 13.5. The second kappa shape index (κ2) is 16.4. The summed E-state index contributed by atoms with van der Waals surface area (Å²) >= 11 is 0. The van der Waals surface area contributed by atoms with E-state index in [-0.39, 0.29) is 48.3 Å². The molecule has 8 heteroatoms. The van der Waals surface area contributed by atoms with Gasteiger partial charge in [-0.05, 0) is 52.4 Å². The van der Waals surface area contributed by atoms with Gasteiger partial charge in [-0.25, -0.2) is 0 Å². The lowest BCUT2D eigenvalue weighted by molar-refractivity contribution is -0.304. The number of hydrogen-bond acceptors (Lipinski definition) is 6. The minimum absolute atomic E-state index is 0.0818. The van der Waals surface area contributed by atoms with Crippen LogP contribution in [0.2, 0.25) is 0 Å². The van der Waals surface area contributed by atoms with Gasteiger partial charge in [-0.1, -0.05) is 91.4 Å². The first-order chi connectivity index (χ1) is 20.0. The summed E-state index contributed by atoms with van der Waals surface area (Å²) in [6.07, 6.45) is 18.3. The average molecular weight is 593 g/mol. The Kier molecular flexibility index (Phi) is 13.6. The molecule has 0 aromatic heterocycles. The van der Waals surface area contributed by atoms with Gasteiger partial charge in [0.25, 0.3) is 0 Å². The van der Waals surface area contributed by atoms with Crippen molar-refractivity contribution in [2.24, 2.45) is 10.8 Å². The van der Waals surface area contributed by atoms with Crippen molar-refractivity contribution in [2.75, 3.05) is 13.2 Å². The van der Waals surface area contributed by atoms with Crippen molar-refractivity contribution in [3.05, 3.63) is 0 Å². The van der Waals surface area contributed by atoms with Crippen molar-refractivity contribution in [3.8, 4) is 0 Å². The van der Waals surface area contributed by atoms with E-state index in [4.69, 9.17) is 14.2 Å². The Morgan fingerprint density at radius 1 is 0.857 bits per heavy atom. The van der Waals surface area contributed by atoms with Crippen LogP contribution in [0.3, 0.4) is 0 Å². The van der Waals surface area contributed by atoms with Gasteiger partial charge in [0.05, 0.1) is 19.1 Å². The molecule has 2 N–H and O–H groups in total. The van der Waals surface area contributed by atoms with E-state index in [9.17, 15) is 14.4 Å². The number of unbranched alkanes of at least 4 members (excludes halogenated alkanes) is 8. The molecule has 42 heavy (non-hydrogen) atoms. The first-order valence-corrected chi connectivity index (χ1v) is 17.1. The molecule has 0 radical (unpaired) electrons. The molecular formula is C34H60N2O6. The number of esters is 1. The molecule has 3 fully saturated rings. The zero-order valence-corrected chi connectivity index (χ0v) is 27.3. The summed E-state index contributed by atoms with van der Waals surface area (Å²) in [7, 11) is 0. The van der Waals surface area contributed by atoms with Crippen molar-refractivity contribution >= 4 is 17.8 Å². The van der Waals surface area contributed by atoms with E-state index in [0.717, 1.165) is 57.8 Å². The summed E-state index contributed by atoms with van der Waals surface area (Å²) in [5.74, 6) is -1.26. The molecule has 2 aliphatic carbocycles. The van der Waals surface area contributed by atoms with Crippen LogP contribution in [0.1, 0.15) is 150 Å². The minimum atomic E-state index is -0.831. The van der Waals surface area contributed by atoms with Gasteiger partial charge in [-0.2, -0.15) is 0 Å². The lowest BCUT2D eigenvalue weighted by Crippen LogP contribution is -2.56. The van der Waals surface area contributed by atoms with E-state index in [1.807, 2.05) is 13.8 Å². The van der Waals surface area contributed by atoms with E-state index in [2.05, 4.69) is 17.6 Å². The summed E-state index contributed by atoms with van der Waals surface area (Å²) < 4.78 is 17.5. The van der Waals surface area contributed by atoms with Gasteiger partial charge in [0.15, 0.2) is 5.79 Å². The number of carbonyl (C=O) groups is 3. The van der Waals surface area contributed by atoms with Gasteiger partial charge in [-0.15, -0.1) is 0 Å². The van der Waals surface area contributed by atoms with Gasteiger partial charge in [0.1, 0.15) is 12.2 Å². The fourth-order valence-corrected chi connectivity index (χ4v) is 6.62. The molecule has 3 unspecified atom stereocenters. The van der Waals surface area contributed by atoms with E-state index < -0.39 is 17.3 Å². The monoisotopic (exact) mass is 592 g/mol. The summed E-state index contributed by atoms with van der Waals surface area (Å²) in [5, 5.41) is 6.16. The summed E-state index contributed by atoms with van der Waals surface area (Å²) in [6, 6.07) is -0.135. The molecule has 3 atom stereocenters. The highest BCUT2D eigenvalue weighted by molar-refractivity contribution is 5.84. The molecule has 2 saturated carbocycles. The van der Waals surface area contributed by atoms with Gasteiger partial charge >= 0.3 is 5.97 Å². The highest BCUT2D eigenvalue weighted by Crippen LogP contribution is 2.46. The normalized spacial score (nSPS) is 26.1. The van der Waals surface area contributed by atoms with Gasteiger partial charge in [0, 0.05) is 17.4 Å². The average Bonchev–Trinajstić information content (AvgIpc) is 2.91. The van der Waals surface area contributed by atoms with Crippen molar-refractivity contribution in [3.63, 3.8) is 0 Å². The highest BCUT2D eigenvalue weighted by atomic mass is 16.7. The van der Waals surface area contributed by atoms with E-state index in [1.165, 1.54) is 51.4 Å². The molecule has 1 aliphatic heterocycles. The van der Waals surface area contributed by atoms with Crippen LogP contribution in [-0.4, -0.2) is 55.0 Å². The number of rotatable bonds is 17. The molecule has 0 aromatic rings. The smallest absolute Gasteiger partial charge is 0.307 e. The third-order valence-electron chi connectivity index (χ3n) is 9.62. The van der Waals surface area contributed by atoms with Crippen molar-refractivity contribution in [1.82, 2.24) is 10.6 Å². The molecule has 3 aliphatic rings. The van der Waals surface area contributed by atoms with Crippen LogP contribution in [0.4, 0.5) is 0 Å². The molecule has 242 valence electrons. The van der Waals surface area contributed by atoms with Crippen LogP contribution in [0.5, 0.6) is 0 Å². The third kappa shape index (κ3) is 10.5. The third-order valence-corrected chi connectivity index (χ3v) is 9.62. The van der Waals surface area contributed by atoms with E-state index >= 15 is 0 Å². The first kappa shape index (κ1) is 34.8. The Morgan fingerprint density at radius 2 is 1.50 bits per heavy atom. The quantitative estimate of drug-likeness (QED) is 0.143. The lowest BCUT2D eigenvalue weighted by atomic mass is 9.65. The zero-order chi connectivity index (χ0) is 30.6. The Hall–Kier alpha value is -1.67. The fourth-order valence-electron chi connectivity index (χ4n) is 6.62. The molecular weight excluding hydrogens is 532 g/mol. The van der Waals surface area contributed by atoms with Crippen LogP contribution in [0.15, 0.2) is 0 Å². The Morgan fingerprint density at radius 3 is 2.14 bits per heavy atom. The number of hydrogen-bond donors (Lipinski definition) is 2. The maximum atomic E-state index is 13.5. The van der Waals surface area contributed by atoms with Gasteiger partial charge < -0.3 is 24.8 Å². The predicted molar refractivity (Wildman–Crippen MR) is 165 cm³/mol. The predicted octanol–water partition coefficient (Wildman–Crippen LogP) is 6.73.